The quantitative estimate of drug-likeness (QED) is 0.773. The monoisotopic (exact) mass is 409 g/mol. The number of pyridine rings is 1. The van der Waals surface area contributed by atoms with Gasteiger partial charge in [0.05, 0.1) is 20.3 Å². The molecule has 5 rings (SSSR count). The zero-order chi connectivity index (χ0) is 20.7. The fourth-order valence-electron chi connectivity index (χ4n) is 5.04. The van der Waals surface area contributed by atoms with E-state index >= 15 is 0 Å². The largest absolute Gasteiger partial charge is 0.491 e. The minimum Gasteiger partial charge on any atom is -0.491 e. The van der Waals surface area contributed by atoms with Crippen molar-refractivity contribution in [1.29, 1.82) is 0 Å². The van der Waals surface area contributed by atoms with Crippen molar-refractivity contribution in [3.8, 4) is 11.6 Å². The van der Waals surface area contributed by atoms with Crippen LogP contribution in [0.15, 0.2) is 42.5 Å². The lowest BCUT2D eigenvalue weighted by Crippen LogP contribution is -2.50. The first kappa shape index (κ1) is 19.2. The highest BCUT2D eigenvalue weighted by molar-refractivity contribution is 5.88. The van der Waals surface area contributed by atoms with Gasteiger partial charge in [-0.1, -0.05) is 30.3 Å². The summed E-state index contributed by atoms with van der Waals surface area (Å²) in [4.78, 5) is 22.3. The van der Waals surface area contributed by atoms with Crippen LogP contribution in [0.3, 0.4) is 0 Å². The Balaban J connectivity index is 1.31. The zero-order valence-corrected chi connectivity index (χ0v) is 17.4. The number of carbonyl (C=O) groups is 1. The Bertz CT molecular complexity index is 927. The Morgan fingerprint density at radius 3 is 2.50 bits per heavy atom. The topological polar surface area (TPSA) is 64.1 Å². The van der Waals surface area contributed by atoms with Gasteiger partial charge in [-0.05, 0) is 30.5 Å². The van der Waals surface area contributed by atoms with Gasteiger partial charge in [-0.2, -0.15) is 4.98 Å². The second-order valence-electron chi connectivity index (χ2n) is 8.15. The molecule has 0 saturated carbocycles. The van der Waals surface area contributed by atoms with E-state index in [1.165, 1.54) is 5.56 Å². The number of rotatable bonds is 4. The summed E-state index contributed by atoms with van der Waals surface area (Å²) in [6.07, 6.45) is 3.08. The van der Waals surface area contributed by atoms with Crippen LogP contribution in [0, 0.1) is 0 Å². The second-order valence-corrected chi connectivity index (χ2v) is 8.15. The number of anilines is 1. The van der Waals surface area contributed by atoms with Gasteiger partial charge in [-0.25, -0.2) is 0 Å². The summed E-state index contributed by atoms with van der Waals surface area (Å²) < 4.78 is 17.0. The number of piperidine rings is 1. The molecule has 4 heterocycles. The first-order valence-electron chi connectivity index (χ1n) is 10.5. The lowest BCUT2D eigenvalue weighted by molar-refractivity contribution is -0.140. The summed E-state index contributed by atoms with van der Waals surface area (Å²) in [6.45, 7) is 1.43. The fraction of sp³-hybridized carbons (Fsp3) is 0.478. The predicted octanol–water partition coefficient (Wildman–Crippen LogP) is 3.16. The van der Waals surface area contributed by atoms with Crippen LogP contribution >= 0.6 is 0 Å². The van der Waals surface area contributed by atoms with Gasteiger partial charge in [0.25, 0.3) is 11.8 Å². The van der Waals surface area contributed by atoms with Crippen LogP contribution in [-0.4, -0.2) is 54.9 Å². The average molecular weight is 409 g/mol. The third kappa shape index (κ3) is 2.99. The molecular formula is C23H27N3O4. The first-order valence-corrected chi connectivity index (χ1v) is 10.5. The molecule has 7 nitrogen and oxygen atoms in total. The normalized spacial score (nSPS) is 24.9. The third-order valence-corrected chi connectivity index (χ3v) is 6.62. The maximum atomic E-state index is 13.5. The number of nitrogens with zero attached hydrogens (tertiary/aromatic N) is 3. The molecule has 1 aromatic carbocycles. The van der Waals surface area contributed by atoms with E-state index < -0.39 is 5.60 Å². The van der Waals surface area contributed by atoms with Gasteiger partial charge in [0, 0.05) is 25.9 Å². The van der Waals surface area contributed by atoms with Crippen molar-refractivity contribution in [2.45, 2.75) is 43.6 Å². The molecule has 3 saturated heterocycles. The summed E-state index contributed by atoms with van der Waals surface area (Å²) in [5, 5.41) is 0. The van der Waals surface area contributed by atoms with E-state index in [-0.39, 0.29) is 18.2 Å². The number of hydrogen-bond acceptors (Lipinski definition) is 6. The highest BCUT2D eigenvalue weighted by Gasteiger charge is 2.57. The Kier molecular flexibility index (Phi) is 4.77. The van der Waals surface area contributed by atoms with E-state index in [4.69, 9.17) is 14.2 Å². The molecule has 1 spiro atoms. The van der Waals surface area contributed by atoms with E-state index in [1.54, 1.807) is 14.2 Å². The molecule has 3 aliphatic rings. The summed E-state index contributed by atoms with van der Waals surface area (Å²) in [5.74, 6) is 2.06. The molecule has 1 aromatic heterocycles. The van der Waals surface area contributed by atoms with Crippen molar-refractivity contribution in [2.75, 3.05) is 32.2 Å². The highest BCUT2D eigenvalue weighted by Crippen LogP contribution is 2.47. The van der Waals surface area contributed by atoms with Gasteiger partial charge in [0.2, 0.25) is 0 Å². The summed E-state index contributed by atoms with van der Waals surface area (Å²) in [6, 6.07) is 14.2. The number of methoxy groups -OCH3 is 2. The lowest BCUT2D eigenvalue weighted by atomic mass is 9.89. The molecular weight excluding hydrogens is 382 g/mol. The van der Waals surface area contributed by atoms with E-state index in [0.29, 0.717) is 37.6 Å². The fourth-order valence-corrected chi connectivity index (χ4v) is 5.04. The van der Waals surface area contributed by atoms with Gasteiger partial charge in [0.1, 0.15) is 12.0 Å². The van der Waals surface area contributed by atoms with Crippen LogP contribution in [0.2, 0.25) is 0 Å². The van der Waals surface area contributed by atoms with Crippen molar-refractivity contribution in [1.82, 2.24) is 9.88 Å². The van der Waals surface area contributed by atoms with Crippen molar-refractivity contribution < 1.29 is 19.0 Å². The maximum absolute atomic E-state index is 13.5. The molecule has 30 heavy (non-hydrogen) atoms. The SMILES string of the molecule is COc1ccc(N2CCC3(CC2)OC2CC[C@@H](c4ccccc4)N2C3=O)nc1OC. The Labute approximate surface area is 176 Å². The van der Waals surface area contributed by atoms with Crippen LogP contribution in [0.5, 0.6) is 11.6 Å². The Hall–Kier alpha value is -2.80. The number of carbonyl (C=O) groups excluding carboxylic acids is 1. The molecule has 0 N–H and O–H groups in total. The number of ether oxygens (including phenoxy) is 3. The Morgan fingerprint density at radius 2 is 1.80 bits per heavy atom. The molecule has 2 aromatic rings. The maximum Gasteiger partial charge on any atom is 0.258 e. The van der Waals surface area contributed by atoms with Crippen molar-refractivity contribution in [3.63, 3.8) is 0 Å². The van der Waals surface area contributed by atoms with Gasteiger partial charge in [-0.15, -0.1) is 0 Å². The van der Waals surface area contributed by atoms with Crippen LogP contribution in [-0.2, 0) is 9.53 Å². The first-order chi connectivity index (χ1) is 14.6. The molecule has 3 aliphatic heterocycles. The standard InChI is InChI=1S/C23H27N3O4/c1-28-18-9-10-19(24-21(18)29-2)25-14-12-23(13-15-25)22(27)26-17(8-11-20(26)30-23)16-6-4-3-5-7-16/h3-7,9-10,17,20H,8,11-15H2,1-2H3/t17-,20?/m0/s1. The number of aromatic nitrogens is 1. The van der Waals surface area contributed by atoms with E-state index in [1.807, 2.05) is 35.2 Å². The van der Waals surface area contributed by atoms with Gasteiger partial charge in [0.15, 0.2) is 11.4 Å². The Morgan fingerprint density at radius 1 is 1.03 bits per heavy atom. The van der Waals surface area contributed by atoms with Gasteiger partial charge >= 0.3 is 0 Å². The number of hydrogen-bond donors (Lipinski definition) is 0. The third-order valence-electron chi connectivity index (χ3n) is 6.62. The lowest BCUT2D eigenvalue weighted by Gasteiger charge is -2.38. The van der Waals surface area contributed by atoms with E-state index in [0.717, 1.165) is 18.7 Å². The minimum absolute atomic E-state index is 0.103. The van der Waals surface area contributed by atoms with Crippen LogP contribution in [0.4, 0.5) is 5.82 Å². The van der Waals surface area contributed by atoms with Crippen molar-refractivity contribution >= 4 is 11.7 Å². The zero-order valence-electron chi connectivity index (χ0n) is 17.4. The summed E-state index contributed by atoms with van der Waals surface area (Å²) >= 11 is 0. The molecule has 0 aliphatic carbocycles. The molecule has 7 heteroatoms. The molecule has 3 fully saturated rings. The van der Waals surface area contributed by atoms with Crippen LogP contribution < -0.4 is 14.4 Å². The predicted molar refractivity (Wildman–Crippen MR) is 112 cm³/mol. The molecule has 1 amide bonds. The minimum atomic E-state index is -0.703. The van der Waals surface area contributed by atoms with E-state index in [9.17, 15) is 4.79 Å². The van der Waals surface area contributed by atoms with Crippen LogP contribution in [0.1, 0.15) is 37.3 Å². The second kappa shape index (κ2) is 7.47. The smallest absolute Gasteiger partial charge is 0.258 e. The van der Waals surface area contributed by atoms with Crippen molar-refractivity contribution in [2.24, 2.45) is 0 Å². The number of amides is 1. The summed E-state index contributed by atoms with van der Waals surface area (Å²) in [7, 11) is 3.18. The average Bonchev–Trinajstić information content (AvgIpc) is 3.32. The molecule has 2 atom stereocenters. The highest BCUT2D eigenvalue weighted by atomic mass is 16.6. The summed E-state index contributed by atoms with van der Waals surface area (Å²) in [5.41, 5.74) is 0.492. The molecule has 158 valence electrons. The van der Waals surface area contributed by atoms with Crippen molar-refractivity contribution in [3.05, 3.63) is 48.0 Å². The number of fused-ring (bicyclic) bond motifs is 1. The van der Waals surface area contributed by atoms with Gasteiger partial charge in [-0.3, -0.25) is 4.79 Å². The molecule has 0 radical (unpaired) electrons. The molecule has 1 unspecified atom stereocenters. The van der Waals surface area contributed by atoms with Gasteiger partial charge < -0.3 is 24.0 Å². The number of benzene rings is 1. The van der Waals surface area contributed by atoms with E-state index in [2.05, 4.69) is 22.0 Å². The molecule has 0 bridgehead atoms. The van der Waals surface area contributed by atoms with Crippen LogP contribution in [0.25, 0.3) is 0 Å².